The number of rotatable bonds is 4. The largest absolute Gasteiger partial charge is 0.409 e. The highest BCUT2D eigenvalue weighted by Gasteiger charge is 2.42. The molecule has 0 heterocycles. The van der Waals surface area contributed by atoms with Gasteiger partial charge >= 0.3 is 6.18 Å². The van der Waals surface area contributed by atoms with E-state index in [2.05, 4.69) is 5.16 Å². The van der Waals surface area contributed by atoms with Gasteiger partial charge in [-0.2, -0.15) is 13.2 Å². The molecule has 0 bridgehead atoms. The molecule has 0 saturated carbocycles. The van der Waals surface area contributed by atoms with Gasteiger partial charge in [0.25, 0.3) is 0 Å². The molecule has 7 heteroatoms. The average molecular weight is 314 g/mol. The van der Waals surface area contributed by atoms with Crippen molar-refractivity contribution < 1.29 is 18.4 Å². The Morgan fingerprint density at radius 1 is 1.19 bits per heavy atom. The average Bonchev–Trinajstić information content (AvgIpc) is 2.45. The lowest BCUT2D eigenvalue weighted by Gasteiger charge is -2.18. The summed E-state index contributed by atoms with van der Waals surface area (Å²) in [6.07, 6.45) is -4.54. The lowest BCUT2D eigenvalue weighted by molar-refractivity contribution is -0.150. The van der Waals surface area contributed by atoms with Crippen LogP contribution in [-0.2, 0) is 0 Å². The summed E-state index contributed by atoms with van der Waals surface area (Å²) in [5.74, 6) is -3.13. The maximum Gasteiger partial charge on any atom is 0.399 e. The van der Waals surface area contributed by atoms with Crippen molar-refractivity contribution in [1.82, 2.24) is 0 Å². The first-order chi connectivity index (χ1) is 9.91. The fraction of sp³-hybridized carbons (Fsp3) is 0.214. The fourth-order valence-corrected chi connectivity index (χ4v) is 2.95. The highest BCUT2D eigenvalue weighted by atomic mass is 32.2. The highest BCUT2D eigenvalue weighted by Crippen LogP contribution is 2.32. The van der Waals surface area contributed by atoms with E-state index in [1.54, 1.807) is 6.07 Å². The van der Waals surface area contributed by atoms with E-state index < -0.39 is 17.9 Å². The third-order valence-corrected chi connectivity index (χ3v) is 4.09. The van der Waals surface area contributed by atoms with Gasteiger partial charge in [0.2, 0.25) is 0 Å². The summed E-state index contributed by atoms with van der Waals surface area (Å²) in [6.45, 7) is 0. The van der Waals surface area contributed by atoms with Crippen LogP contribution >= 0.6 is 11.8 Å². The molecule has 3 nitrogen and oxygen atoms in total. The van der Waals surface area contributed by atoms with Crippen LogP contribution in [0.3, 0.4) is 0 Å². The van der Waals surface area contributed by atoms with E-state index in [1.807, 2.05) is 36.4 Å². The highest BCUT2D eigenvalue weighted by molar-refractivity contribution is 7.99. The van der Waals surface area contributed by atoms with Gasteiger partial charge in [0.05, 0.1) is 0 Å². The molecule has 2 aromatic carbocycles. The molecule has 3 N–H and O–H groups in total. The monoisotopic (exact) mass is 314 g/mol. The zero-order chi connectivity index (χ0) is 15.5. The predicted molar refractivity (Wildman–Crippen MR) is 77.6 cm³/mol. The van der Waals surface area contributed by atoms with Crippen molar-refractivity contribution in [1.29, 1.82) is 0 Å². The lowest BCUT2D eigenvalue weighted by atomic mass is 10.1. The Bertz CT molecular complexity index is 658. The summed E-state index contributed by atoms with van der Waals surface area (Å²) in [5, 5.41) is 12.9. The Balaban J connectivity index is 2.16. The summed E-state index contributed by atoms with van der Waals surface area (Å²) < 4.78 is 38.5. The molecular weight excluding hydrogens is 301 g/mol. The number of fused-ring (bicyclic) bond motifs is 1. The molecule has 0 aliphatic heterocycles. The molecule has 112 valence electrons. The van der Waals surface area contributed by atoms with Gasteiger partial charge in [0.15, 0.2) is 5.84 Å². The van der Waals surface area contributed by atoms with Gasteiger partial charge in [-0.3, -0.25) is 0 Å². The second-order valence-corrected chi connectivity index (χ2v) is 5.53. The summed E-state index contributed by atoms with van der Waals surface area (Å²) in [5.41, 5.74) is 5.12. The normalized spacial score (nSPS) is 14.3. The molecule has 0 aliphatic rings. The Morgan fingerprint density at radius 3 is 2.48 bits per heavy atom. The van der Waals surface area contributed by atoms with E-state index in [0.29, 0.717) is 4.90 Å². The zero-order valence-electron chi connectivity index (χ0n) is 10.8. The van der Waals surface area contributed by atoms with Crippen LogP contribution in [0, 0.1) is 5.92 Å². The molecule has 0 fully saturated rings. The molecule has 21 heavy (non-hydrogen) atoms. The van der Waals surface area contributed by atoms with Crippen LogP contribution < -0.4 is 5.73 Å². The Labute approximate surface area is 123 Å². The molecule has 1 atom stereocenters. The van der Waals surface area contributed by atoms with Gasteiger partial charge in [0.1, 0.15) is 5.92 Å². The number of nitrogens with two attached hydrogens (primary N) is 1. The number of hydrogen-bond acceptors (Lipinski definition) is 3. The maximum atomic E-state index is 12.8. The van der Waals surface area contributed by atoms with Crippen LogP contribution in [0.5, 0.6) is 0 Å². The maximum absolute atomic E-state index is 12.8. The molecule has 0 aliphatic carbocycles. The minimum absolute atomic E-state index is 0.336. The molecule has 0 radical (unpaired) electrons. The zero-order valence-corrected chi connectivity index (χ0v) is 11.7. The molecule has 0 amide bonds. The third-order valence-electron chi connectivity index (χ3n) is 3.01. The molecule has 1 unspecified atom stereocenters. The van der Waals surface area contributed by atoms with Gasteiger partial charge in [-0.05, 0) is 22.9 Å². The number of thioether (sulfide) groups is 1. The van der Waals surface area contributed by atoms with E-state index in [9.17, 15) is 13.2 Å². The summed E-state index contributed by atoms with van der Waals surface area (Å²) in [6, 6.07) is 13.0. The molecule has 0 saturated heterocycles. The van der Waals surface area contributed by atoms with E-state index in [1.165, 1.54) is 0 Å². The standard InChI is InChI=1S/C14H13F3N2OS/c15-14(16,17)12(13(18)19-20)8-21-11-6-5-9-3-1-2-4-10(9)7-11/h1-7,12,20H,8H2,(H2,18,19). The Kier molecular flexibility index (Phi) is 4.62. The number of nitrogens with zero attached hydrogens (tertiary/aromatic N) is 1. The van der Waals surface area contributed by atoms with Gasteiger partial charge in [0, 0.05) is 10.6 Å². The first-order valence-electron chi connectivity index (χ1n) is 6.07. The van der Waals surface area contributed by atoms with E-state index >= 15 is 0 Å². The van der Waals surface area contributed by atoms with Crippen molar-refractivity contribution in [2.45, 2.75) is 11.1 Å². The Morgan fingerprint density at radius 2 is 1.86 bits per heavy atom. The number of hydrogen-bond donors (Lipinski definition) is 2. The van der Waals surface area contributed by atoms with Crippen LogP contribution in [0.2, 0.25) is 0 Å². The van der Waals surface area contributed by atoms with Crippen molar-refractivity contribution in [3.8, 4) is 0 Å². The quantitative estimate of drug-likeness (QED) is 0.296. The van der Waals surface area contributed by atoms with Gasteiger partial charge < -0.3 is 10.9 Å². The van der Waals surface area contributed by atoms with Gasteiger partial charge in [-0.1, -0.05) is 35.5 Å². The smallest absolute Gasteiger partial charge is 0.399 e. The number of halogens is 3. The van der Waals surface area contributed by atoms with Crippen LogP contribution in [-0.4, -0.2) is 23.0 Å². The van der Waals surface area contributed by atoms with Gasteiger partial charge in [-0.25, -0.2) is 0 Å². The predicted octanol–water partition coefficient (Wildman–Crippen LogP) is 3.86. The van der Waals surface area contributed by atoms with Crippen LogP contribution in [0.15, 0.2) is 52.5 Å². The SMILES string of the molecule is N/C(=N/O)C(CSc1ccc2ccccc2c1)C(F)(F)F. The molecule has 0 spiro atoms. The number of oxime groups is 1. The first kappa shape index (κ1) is 15.5. The Hall–Kier alpha value is -1.89. The van der Waals surface area contributed by atoms with E-state index in [0.717, 1.165) is 22.5 Å². The molecular formula is C14H13F3N2OS. The molecule has 2 aromatic rings. The van der Waals surface area contributed by atoms with Crippen molar-refractivity contribution in [3.05, 3.63) is 42.5 Å². The van der Waals surface area contributed by atoms with Crippen molar-refractivity contribution >= 4 is 28.4 Å². The van der Waals surface area contributed by atoms with Crippen molar-refractivity contribution in [2.24, 2.45) is 16.8 Å². The van der Waals surface area contributed by atoms with Crippen LogP contribution in [0.4, 0.5) is 13.2 Å². The summed E-state index contributed by atoms with van der Waals surface area (Å²) >= 11 is 1.02. The van der Waals surface area contributed by atoms with Gasteiger partial charge in [-0.15, -0.1) is 11.8 Å². The van der Waals surface area contributed by atoms with E-state index in [-0.39, 0.29) is 5.75 Å². The second-order valence-electron chi connectivity index (χ2n) is 4.44. The van der Waals surface area contributed by atoms with Crippen LogP contribution in [0.25, 0.3) is 10.8 Å². The third kappa shape index (κ3) is 3.81. The van der Waals surface area contributed by atoms with Crippen molar-refractivity contribution in [2.75, 3.05) is 5.75 Å². The molecule has 2 rings (SSSR count). The minimum atomic E-state index is -4.54. The fourth-order valence-electron chi connectivity index (χ4n) is 1.85. The summed E-state index contributed by atoms with van der Waals surface area (Å²) in [4.78, 5) is 0.702. The second kappa shape index (κ2) is 6.26. The number of amidine groups is 1. The van der Waals surface area contributed by atoms with Crippen LogP contribution in [0.1, 0.15) is 0 Å². The first-order valence-corrected chi connectivity index (χ1v) is 7.06. The van der Waals surface area contributed by atoms with Crippen molar-refractivity contribution in [3.63, 3.8) is 0 Å². The van der Waals surface area contributed by atoms with E-state index in [4.69, 9.17) is 10.9 Å². The minimum Gasteiger partial charge on any atom is -0.409 e. The summed E-state index contributed by atoms with van der Waals surface area (Å²) in [7, 11) is 0. The number of alkyl halides is 3. The topological polar surface area (TPSA) is 58.6 Å². The lowest BCUT2D eigenvalue weighted by Crippen LogP contribution is -2.37. The molecule has 0 aromatic heterocycles. The number of benzene rings is 2.